The van der Waals surface area contributed by atoms with Crippen LogP contribution in [-0.4, -0.2) is 90.3 Å². The zero-order valence-electron chi connectivity index (χ0n) is 23.0. The maximum absolute atomic E-state index is 14.5. The van der Waals surface area contributed by atoms with Crippen LogP contribution in [0.5, 0.6) is 5.75 Å². The van der Waals surface area contributed by atoms with Gasteiger partial charge in [0.25, 0.3) is 5.91 Å². The van der Waals surface area contributed by atoms with Gasteiger partial charge in [0.2, 0.25) is 11.8 Å². The topological polar surface area (TPSA) is 99.6 Å². The molecule has 2 saturated heterocycles. The van der Waals surface area contributed by atoms with Crippen molar-refractivity contribution < 1.29 is 29.0 Å². The summed E-state index contributed by atoms with van der Waals surface area (Å²) in [5.41, 5.74) is -1.51. The van der Waals surface area contributed by atoms with Crippen molar-refractivity contribution in [3.8, 4) is 5.75 Å². The highest BCUT2D eigenvalue weighted by Gasteiger charge is 2.75. The van der Waals surface area contributed by atoms with Crippen LogP contribution in [-0.2, 0) is 19.1 Å². The van der Waals surface area contributed by atoms with Gasteiger partial charge in [0.1, 0.15) is 17.4 Å². The van der Waals surface area contributed by atoms with E-state index < -0.39 is 29.1 Å². The molecule has 4 heterocycles. The number of hydrogen-bond donors (Lipinski definition) is 1. The van der Waals surface area contributed by atoms with Crippen LogP contribution in [0.4, 0.5) is 5.69 Å². The number of anilines is 1. The SMILES string of the molecule is CC[C@]12C=CCN(C)C(=O)[C@H]1[C@H]1C(=O)N(CCCCCCO)C3C(=O)N(c4ccc(OC)cc4)CC=C[C@@]31O2. The van der Waals surface area contributed by atoms with Crippen molar-refractivity contribution in [2.45, 2.75) is 56.3 Å². The van der Waals surface area contributed by atoms with E-state index >= 15 is 0 Å². The molecule has 5 atom stereocenters. The standard InChI is InChI=1S/C30H39N3O6/c1-4-29-15-9-17-31(2)26(35)23(29)24-27(36)33(18-7-5-6-8-20-34)25-28(37)32(19-10-16-30(24,25)39-29)21-11-13-22(38-3)14-12-21/h9-16,23-25,34H,4-8,17-20H2,1-3H3/t23-,24+,25?,29+,30+/m1/s1. The normalized spacial score (nSPS) is 31.7. The molecule has 1 N–H and O–H groups in total. The van der Waals surface area contributed by atoms with Gasteiger partial charge in [-0.2, -0.15) is 0 Å². The zero-order valence-corrected chi connectivity index (χ0v) is 23.0. The van der Waals surface area contributed by atoms with E-state index in [0.29, 0.717) is 50.3 Å². The van der Waals surface area contributed by atoms with Crippen molar-refractivity contribution in [1.29, 1.82) is 0 Å². The summed E-state index contributed by atoms with van der Waals surface area (Å²) in [6.07, 6.45) is 11.3. The quantitative estimate of drug-likeness (QED) is 0.384. The molecule has 9 heteroatoms. The number of hydrogen-bond acceptors (Lipinski definition) is 6. The summed E-state index contributed by atoms with van der Waals surface area (Å²) in [7, 11) is 3.34. The number of fused-ring (bicyclic) bond motifs is 2. The molecule has 4 aliphatic heterocycles. The van der Waals surface area contributed by atoms with Crippen LogP contribution >= 0.6 is 0 Å². The Bertz CT molecular complexity index is 1170. The fourth-order valence-electron chi connectivity index (χ4n) is 6.86. The number of aliphatic hydroxyl groups excluding tert-OH is 1. The van der Waals surface area contributed by atoms with Gasteiger partial charge in [-0.15, -0.1) is 0 Å². The number of carbonyl (C=O) groups is 3. The largest absolute Gasteiger partial charge is 0.497 e. The monoisotopic (exact) mass is 537 g/mol. The van der Waals surface area contributed by atoms with Crippen LogP contribution in [0, 0.1) is 11.8 Å². The van der Waals surface area contributed by atoms with Crippen molar-refractivity contribution in [1.82, 2.24) is 9.80 Å². The Hall–Kier alpha value is -3.17. The number of rotatable bonds is 9. The Morgan fingerprint density at radius 3 is 2.36 bits per heavy atom. The molecule has 1 spiro atoms. The van der Waals surface area contributed by atoms with E-state index in [9.17, 15) is 14.4 Å². The fourth-order valence-corrected chi connectivity index (χ4v) is 6.86. The first kappa shape index (κ1) is 27.4. The van der Waals surface area contributed by atoms with Crippen LogP contribution in [0.2, 0.25) is 0 Å². The van der Waals surface area contributed by atoms with Crippen LogP contribution < -0.4 is 9.64 Å². The van der Waals surface area contributed by atoms with Gasteiger partial charge in [-0.3, -0.25) is 14.4 Å². The first-order valence-corrected chi connectivity index (χ1v) is 14.0. The molecule has 5 rings (SSSR count). The number of carbonyl (C=O) groups excluding carboxylic acids is 3. The third-order valence-electron chi connectivity index (χ3n) is 8.83. The Morgan fingerprint density at radius 2 is 1.67 bits per heavy atom. The highest BCUT2D eigenvalue weighted by molar-refractivity contribution is 6.06. The summed E-state index contributed by atoms with van der Waals surface area (Å²) in [5, 5.41) is 9.16. The number of likely N-dealkylation sites (tertiary alicyclic amines) is 1. The van der Waals surface area contributed by atoms with Crippen molar-refractivity contribution in [3.63, 3.8) is 0 Å². The lowest BCUT2D eigenvalue weighted by Gasteiger charge is -2.38. The minimum Gasteiger partial charge on any atom is -0.497 e. The van der Waals surface area contributed by atoms with Crippen molar-refractivity contribution in [2.24, 2.45) is 11.8 Å². The molecule has 9 nitrogen and oxygen atoms in total. The molecule has 4 aliphatic rings. The van der Waals surface area contributed by atoms with Crippen molar-refractivity contribution >= 4 is 23.4 Å². The number of aliphatic hydroxyl groups is 1. The number of methoxy groups -OCH3 is 1. The average molecular weight is 538 g/mol. The van der Waals surface area contributed by atoms with Crippen LogP contribution in [0.15, 0.2) is 48.6 Å². The summed E-state index contributed by atoms with van der Waals surface area (Å²) >= 11 is 0. The predicted molar refractivity (Wildman–Crippen MR) is 146 cm³/mol. The van der Waals surface area contributed by atoms with Crippen LogP contribution in [0.25, 0.3) is 0 Å². The summed E-state index contributed by atoms with van der Waals surface area (Å²) in [6, 6.07) is 6.40. The minimum absolute atomic E-state index is 0.127. The lowest BCUT2D eigenvalue weighted by Crippen LogP contribution is -2.56. The van der Waals surface area contributed by atoms with E-state index in [-0.39, 0.29) is 24.3 Å². The molecule has 3 amide bonds. The number of amides is 3. The molecule has 0 bridgehead atoms. The maximum atomic E-state index is 14.5. The van der Waals surface area contributed by atoms with E-state index in [0.717, 1.165) is 12.8 Å². The third kappa shape index (κ3) is 4.36. The smallest absolute Gasteiger partial charge is 0.253 e. The lowest BCUT2D eigenvalue weighted by molar-refractivity contribution is -0.149. The van der Waals surface area contributed by atoms with Gasteiger partial charge in [0.15, 0.2) is 0 Å². The van der Waals surface area contributed by atoms with Crippen molar-refractivity contribution in [3.05, 3.63) is 48.6 Å². The fraction of sp³-hybridized carbons (Fsp3) is 0.567. The summed E-state index contributed by atoms with van der Waals surface area (Å²) in [6.45, 7) is 3.27. The molecule has 0 radical (unpaired) electrons. The highest BCUT2D eigenvalue weighted by Crippen LogP contribution is 2.58. The number of benzene rings is 1. The highest BCUT2D eigenvalue weighted by atomic mass is 16.5. The first-order chi connectivity index (χ1) is 18.8. The molecule has 0 saturated carbocycles. The number of nitrogens with zero attached hydrogens (tertiary/aromatic N) is 3. The third-order valence-corrected chi connectivity index (χ3v) is 8.83. The molecule has 1 aromatic carbocycles. The second kappa shape index (κ2) is 10.8. The molecule has 2 fully saturated rings. The van der Waals surface area contributed by atoms with Gasteiger partial charge in [-0.25, -0.2) is 0 Å². The zero-order chi connectivity index (χ0) is 27.8. The molecule has 1 aromatic rings. The first-order valence-electron chi connectivity index (χ1n) is 14.0. The Labute approximate surface area is 230 Å². The molecule has 0 aliphatic carbocycles. The maximum Gasteiger partial charge on any atom is 0.253 e. The van der Waals surface area contributed by atoms with Gasteiger partial charge in [-0.05, 0) is 43.5 Å². The van der Waals surface area contributed by atoms with E-state index in [1.54, 1.807) is 28.9 Å². The predicted octanol–water partition coefficient (Wildman–Crippen LogP) is 2.54. The van der Waals surface area contributed by atoms with Gasteiger partial charge in [0, 0.05) is 39.0 Å². The second-order valence-corrected chi connectivity index (χ2v) is 11.0. The molecular formula is C30H39N3O6. The molecule has 39 heavy (non-hydrogen) atoms. The number of ether oxygens (including phenoxy) is 2. The van der Waals surface area contributed by atoms with E-state index in [1.807, 2.05) is 55.5 Å². The lowest BCUT2D eigenvalue weighted by atomic mass is 9.73. The molecular weight excluding hydrogens is 498 g/mol. The number of unbranched alkanes of at least 4 members (excludes halogenated alkanes) is 3. The van der Waals surface area contributed by atoms with Gasteiger partial charge >= 0.3 is 0 Å². The summed E-state index contributed by atoms with van der Waals surface area (Å²) in [4.78, 5) is 47.6. The van der Waals surface area contributed by atoms with E-state index in [4.69, 9.17) is 14.6 Å². The van der Waals surface area contributed by atoms with E-state index in [2.05, 4.69) is 0 Å². The summed E-state index contributed by atoms with van der Waals surface area (Å²) in [5.74, 6) is -1.37. The van der Waals surface area contributed by atoms with Gasteiger partial charge in [0.05, 0.1) is 24.5 Å². The molecule has 0 aromatic heterocycles. The summed E-state index contributed by atoms with van der Waals surface area (Å²) < 4.78 is 12.2. The van der Waals surface area contributed by atoms with Crippen LogP contribution in [0.1, 0.15) is 39.0 Å². The minimum atomic E-state index is -1.25. The number of likely N-dealkylation sites (N-methyl/N-ethyl adjacent to an activating group) is 1. The Balaban J connectivity index is 1.57. The van der Waals surface area contributed by atoms with Crippen LogP contribution in [0.3, 0.4) is 0 Å². The average Bonchev–Trinajstić information content (AvgIpc) is 3.24. The van der Waals surface area contributed by atoms with Gasteiger partial charge in [-0.1, -0.05) is 44.1 Å². The Morgan fingerprint density at radius 1 is 0.949 bits per heavy atom. The van der Waals surface area contributed by atoms with Crippen molar-refractivity contribution in [2.75, 3.05) is 45.3 Å². The Kier molecular flexibility index (Phi) is 7.57. The van der Waals surface area contributed by atoms with Gasteiger partial charge < -0.3 is 29.3 Å². The molecule has 210 valence electrons. The molecule has 1 unspecified atom stereocenters. The second-order valence-electron chi connectivity index (χ2n) is 11.0. The van der Waals surface area contributed by atoms with E-state index in [1.165, 1.54) is 0 Å².